The number of aliphatic hydroxyl groups excluding tert-OH is 3. The van der Waals surface area contributed by atoms with Crippen LogP contribution in [0.1, 0.15) is 0 Å². The fourth-order valence-electron chi connectivity index (χ4n) is 3.57. The molecule has 0 unspecified atom stereocenters. The van der Waals surface area contributed by atoms with E-state index in [0.29, 0.717) is 16.8 Å². The second-order valence-corrected chi connectivity index (χ2v) is 7.87. The highest BCUT2D eigenvalue weighted by Gasteiger charge is 2.30. The molecule has 0 radical (unpaired) electrons. The Morgan fingerprint density at radius 1 is 0.971 bits per heavy atom. The normalized spacial score (nSPS) is 11.5. The van der Waals surface area contributed by atoms with Crippen molar-refractivity contribution in [2.45, 2.75) is 12.1 Å². The van der Waals surface area contributed by atoms with Crippen LogP contribution in [-0.2, 0) is 11.3 Å². The van der Waals surface area contributed by atoms with Crippen LogP contribution in [0, 0.1) is 0 Å². The van der Waals surface area contributed by atoms with Crippen LogP contribution in [0.25, 0.3) is 22.2 Å². The lowest BCUT2D eigenvalue weighted by molar-refractivity contribution is -0.125. The van der Waals surface area contributed by atoms with Crippen LogP contribution < -0.4 is 15.8 Å². The van der Waals surface area contributed by atoms with E-state index in [9.17, 15) is 20.1 Å². The van der Waals surface area contributed by atoms with Crippen LogP contribution in [0.3, 0.4) is 0 Å². The van der Waals surface area contributed by atoms with Gasteiger partial charge in [-0.15, -0.1) is 0 Å². The number of nitrogen functional groups attached to an aromatic ring is 1. The van der Waals surface area contributed by atoms with Gasteiger partial charge in [-0.05, 0) is 29.8 Å². The molecule has 0 spiro atoms. The number of nitrogens with two attached hydrogens (primary N) is 1. The molecule has 2 aromatic carbocycles. The number of fused-ring (bicyclic) bond motifs is 1. The number of carbonyl (C=O) groups excluding carboxylic acids is 1. The van der Waals surface area contributed by atoms with Gasteiger partial charge in [-0.25, -0.2) is 9.97 Å². The van der Waals surface area contributed by atoms with E-state index < -0.39 is 31.3 Å². The van der Waals surface area contributed by atoms with Gasteiger partial charge in [-0.2, -0.15) is 0 Å². The zero-order valence-electron chi connectivity index (χ0n) is 18.3. The summed E-state index contributed by atoms with van der Waals surface area (Å²) in [6.45, 7) is -2.02. The van der Waals surface area contributed by atoms with Gasteiger partial charge in [-0.1, -0.05) is 30.3 Å². The highest BCUT2D eigenvalue weighted by molar-refractivity contribution is 6.01. The lowest BCUT2D eigenvalue weighted by atomic mass is 10.0. The number of amides is 1. The van der Waals surface area contributed by atoms with E-state index >= 15 is 0 Å². The summed E-state index contributed by atoms with van der Waals surface area (Å²) in [5, 5.41) is 31.5. The summed E-state index contributed by atoms with van der Waals surface area (Å²) >= 11 is 0. The maximum atomic E-state index is 12.6. The molecule has 0 saturated heterocycles. The number of ether oxygens (including phenoxy) is 1. The van der Waals surface area contributed by atoms with Crippen molar-refractivity contribution in [2.24, 2.45) is 0 Å². The fourth-order valence-corrected chi connectivity index (χ4v) is 3.57. The number of anilines is 1. The molecule has 0 aliphatic rings. The van der Waals surface area contributed by atoms with Crippen molar-refractivity contribution in [1.29, 1.82) is 0 Å². The minimum atomic E-state index is -1.52. The molecule has 0 bridgehead atoms. The zero-order valence-corrected chi connectivity index (χ0v) is 18.3. The fraction of sp³-hybridized carbons (Fsp3) is 0.208. The molecule has 0 fully saturated rings. The van der Waals surface area contributed by atoms with E-state index in [1.54, 1.807) is 10.8 Å². The number of aromatic nitrogens is 3. The molecule has 2 heterocycles. The number of carbonyl (C=O) groups is 1. The Bertz CT molecular complexity index is 1260. The zero-order chi connectivity index (χ0) is 24.1. The number of nitrogens with zero attached hydrogens (tertiary/aromatic N) is 3. The summed E-state index contributed by atoms with van der Waals surface area (Å²) in [5.41, 5.74) is 6.62. The number of hydrogen-bond acceptors (Lipinski definition) is 8. The van der Waals surface area contributed by atoms with Gasteiger partial charge < -0.3 is 35.7 Å². The van der Waals surface area contributed by atoms with E-state index in [1.807, 2.05) is 54.6 Å². The van der Waals surface area contributed by atoms with Gasteiger partial charge in [-0.3, -0.25) is 4.79 Å². The van der Waals surface area contributed by atoms with Gasteiger partial charge in [0.25, 0.3) is 0 Å². The molecule has 4 aromatic rings. The average molecular weight is 463 g/mol. The molecule has 34 heavy (non-hydrogen) atoms. The molecule has 176 valence electrons. The van der Waals surface area contributed by atoms with Crippen molar-refractivity contribution in [2.75, 3.05) is 25.6 Å². The van der Waals surface area contributed by atoms with Crippen LogP contribution in [0.5, 0.6) is 11.5 Å². The summed E-state index contributed by atoms with van der Waals surface area (Å²) in [5.74, 6) is 1.12. The van der Waals surface area contributed by atoms with Gasteiger partial charge >= 0.3 is 0 Å². The van der Waals surface area contributed by atoms with Crippen molar-refractivity contribution >= 4 is 22.8 Å². The second-order valence-electron chi connectivity index (χ2n) is 7.87. The third-order valence-corrected chi connectivity index (χ3v) is 5.45. The largest absolute Gasteiger partial charge is 0.457 e. The maximum Gasteiger partial charge on any atom is 0.240 e. The van der Waals surface area contributed by atoms with Gasteiger partial charge in [0.1, 0.15) is 41.4 Å². The predicted octanol–water partition coefficient (Wildman–Crippen LogP) is 1.30. The Balaban J connectivity index is 1.63. The summed E-state index contributed by atoms with van der Waals surface area (Å²) in [4.78, 5) is 21.0. The van der Waals surface area contributed by atoms with Crippen molar-refractivity contribution in [3.63, 3.8) is 0 Å². The SMILES string of the molecule is Nc1ncnc2c1c(-c1ccc(Oc3ccccc3)cc1)cn2CC(=O)NC(CO)(CO)CO. The molecule has 2 aromatic heterocycles. The topological polar surface area (TPSA) is 156 Å². The monoisotopic (exact) mass is 463 g/mol. The van der Waals surface area contributed by atoms with Crippen molar-refractivity contribution in [1.82, 2.24) is 19.9 Å². The average Bonchev–Trinajstić information content (AvgIpc) is 3.23. The molecule has 0 aliphatic carbocycles. The van der Waals surface area contributed by atoms with Crippen LogP contribution in [0.2, 0.25) is 0 Å². The Morgan fingerprint density at radius 3 is 2.26 bits per heavy atom. The van der Waals surface area contributed by atoms with Gasteiger partial charge in [0.05, 0.1) is 25.2 Å². The standard InChI is InChI=1S/C24H25N5O5/c25-22-21-19(16-6-8-18(9-7-16)34-17-4-2-1-3-5-17)10-29(23(21)27-15-26-22)11-20(33)28-24(12-30,13-31)14-32/h1-10,15,30-32H,11-14H2,(H,28,33)(H2,25,26,27). The van der Waals surface area contributed by atoms with E-state index in [-0.39, 0.29) is 12.4 Å². The lowest BCUT2D eigenvalue weighted by Gasteiger charge is -2.28. The molecular formula is C24H25N5O5. The van der Waals surface area contributed by atoms with Crippen molar-refractivity contribution in [3.05, 3.63) is 67.1 Å². The Kier molecular flexibility index (Phi) is 6.73. The number of para-hydroxylation sites is 1. The lowest BCUT2D eigenvalue weighted by Crippen LogP contribution is -2.57. The first-order valence-electron chi connectivity index (χ1n) is 10.5. The van der Waals surface area contributed by atoms with Gasteiger partial charge in [0, 0.05) is 11.8 Å². The summed E-state index contributed by atoms with van der Waals surface area (Å²) in [6, 6.07) is 16.8. The molecule has 6 N–H and O–H groups in total. The Labute approximate surface area is 195 Å². The first-order chi connectivity index (χ1) is 16.5. The highest BCUT2D eigenvalue weighted by Crippen LogP contribution is 2.34. The minimum Gasteiger partial charge on any atom is -0.457 e. The molecule has 10 heteroatoms. The molecule has 1 amide bonds. The van der Waals surface area contributed by atoms with E-state index in [1.165, 1.54) is 6.33 Å². The predicted molar refractivity (Wildman–Crippen MR) is 126 cm³/mol. The second kappa shape index (κ2) is 9.87. The third kappa shape index (κ3) is 4.69. The Hall–Kier alpha value is -3.99. The van der Waals surface area contributed by atoms with Crippen LogP contribution in [-0.4, -0.2) is 61.1 Å². The van der Waals surface area contributed by atoms with E-state index in [2.05, 4.69) is 15.3 Å². The number of aliphatic hydroxyl groups is 3. The third-order valence-electron chi connectivity index (χ3n) is 5.45. The number of rotatable bonds is 9. The molecule has 0 atom stereocenters. The molecule has 10 nitrogen and oxygen atoms in total. The van der Waals surface area contributed by atoms with Crippen LogP contribution in [0.15, 0.2) is 67.1 Å². The van der Waals surface area contributed by atoms with E-state index in [4.69, 9.17) is 10.5 Å². The maximum absolute atomic E-state index is 12.6. The van der Waals surface area contributed by atoms with Crippen LogP contribution >= 0.6 is 0 Å². The Morgan fingerprint density at radius 2 is 1.62 bits per heavy atom. The van der Waals surface area contributed by atoms with Gasteiger partial charge in [0.2, 0.25) is 5.91 Å². The first kappa shape index (κ1) is 23.2. The summed E-state index contributed by atoms with van der Waals surface area (Å²) in [6.07, 6.45) is 3.05. The molecule has 4 rings (SSSR count). The summed E-state index contributed by atoms with van der Waals surface area (Å²) in [7, 11) is 0. The molecule has 0 aliphatic heterocycles. The summed E-state index contributed by atoms with van der Waals surface area (Å²) < 4.78 is 7.45. The first-order valence-corrected chi connectivity index (χ1v) is 10.5. The number of benzene rings is 2. The van der Waals surface area contributed by atoms with Crippen molar-refractivity contribution < 1.29 is 24.9 Å². The van der Waals surface area contributed by atoms with Crippen molar-refractivity contribution in [3.8, 4) is 22.6 Å². The number of nitrogens with one attached hydrogen (secondary N) is 1. The quantitative estimate of drug-likeness (QED) is 0.249. The molecule has 0 saturated carbocycles. The van der Waals surface area contributed by atoms with E-state index in [0.717, 1.165) is 16.9 Å². The van der Waals surface area contributed by atoms with Gasteiger partial charge in [0.15, 0.2) is 0 Å². The smallest absolute Gasteiger partial charge is 0.240 e. The van der Waals surface area contributed by atoms with Crippen LogP contribution in [0.4, 0.5) is 5.82 Å². The molecular weight excluding hydrogens is 438 g/mol. The minimum absolute atomic E-state index is 0.177. The number of hydrogen-bond donors (Lipinski definition) is 5. The highest BCUT2D eigenvalue weighted by atomic mass is 16.5.